The van der Waals surface area contributed by atoms with Gasteiger partial charge < -0.3 is 14.6 Å². The van der Waals surface area contributed by atoms with E-state index in [1.165, 1.54) is 11.2 Å². The summed E-state index contributed by atoms with van der Waals surface area (Å²) in [7, 11) is 0. The minimum absolute atomic E-state index is 0.219. The summed E-state index contributed by atoms with van der Waals surface area (Å²) in [6.07, 6.45) is 1.44. The smallest absolute Gasteiger partial charge is 0.290 e. The zero-order chi connectivity index (χ0) is 14.8. The molecule has 0 aliphatic carbocycles. The predicted octanol–water partition coefficient (Wildman–Crippen LogP) is 2.25. The van der Waals surface area contributed by atoms with Gasteiger partial charge in [0, 0.05) is 18.1 Å². The van der Waals surface area contributed by atoms with Crippen molar-refractivity contribution < 1.29 is 14.0 Å². The Bertz CT molecular complexity index is 669. The first-order chi connectivity index (χ1) is 10.2. The number of hydrogen-bond acceptors (Lipinski definition) is 3. The molecule has 1 N–H and O–H groups in total. The molecule has 2 heterocycles. The van der Waals surface area contributed by atoms with Crippen LogP contribution < -0.4 is 5.32 Å². The standard InChI is InChI=1S/C15H13ClN2O3/c16-11-4-1-3-10(9-11)13-14(19)17-6-7-18(13)15(20)12-5-2-8-21-12/h1-5,8-9,13H,6-7H2,(H,17,19). The first-order valence-corrected chi connectivity index (χ1v) is 6.92. The van der Waals surface area contributed by atoms with Crippen LogP contribution in [-0.4, -0.2) is 29.8 Å². The highest BCUT2D eigenvalue weighted by molar-refractivity contribution is 6.30. The molecule has 0 saturated carbocycles. The molecule has 1 saturated heterocycles. The van der Waals surface area contributed by atoms with Gasteiger partial charge in [-0.2, -0.15) is 0 Å². The van der Waals surface area contributed by atoms with Gasteiger partial charge in [0.2, 0.25) is 5.91 Å². The molecule has 1 fully saturated rings. The molecule has 1 aromatic carbocycles. The molecule has 0 spiro atoms. The quantitative estimate of drug-likeness (QED) is 0.925. The van der Waals surface area contributed by atoms with Crippen LogP contribution in [0.3, 0.4) is 0 Å². The molecule has 5 nitrogen and oxygen atoms in total. The van der Waals surface area contributed by atoms with Gasteiger partial charge in [-0.25, -0.2) is 0 Å². The molecule has 21 heavy (non-hydrogen) atoms. The topological polar surface area (TPSA) is 62.6 Å². The van der Waals surface area contributed by atoms with E-state index in [4.69, 9.17) is 16.0 Å². The van der Waals surface area contributed by atoms with Crippen LogP contribution in [0.4, 0.5) is 0 Å². The minimum atomic E-state index is -0.699. The van der Waals surface area contributed by atoms with Crippen LogP contribution in [0, 0.1) is 0 Å². The lowest BCUT2D eigenvalue weighted by atomic mass is 10.0. The van der Waals surface area contributed by atoms with Crippen LogP contribution in [0.15, 0.2) is 47.1 Å². The molecule has 2 aromatic rings. The summed E-state index contributed by atoms with van der Waals surface area (Å²) in [5, 5.41) is 3.30. The fraction of sp³-hybridized carbons (Fsp3) is 0.200. The van der Waals surface area contributed by atoms with Gasteiger partial charge in [-0.05, 0) is 29.8 Å². The summed E-state index contributed by atoms with van der Waals surface area (Å²) in [5.74, 6) is -0.306. The number of amides is 2. The summed E-state index contributed by atoms with van der Waals surface area (Å²) in [5.41, 5.74) is 0.680. The molecule has 1 atom stereocenters. The van der Waals surface area contributed by atoms with E-state index in [2.05, 4.69) is 5.32 Å². The number of furan rings is 1. The minimum Gasteiger partial charge on any atom is -0.459 e. The third kappa shape index (κ3) is 2.64. The molecule has 1 aliphatic heterocycles. The van der Waals surface area contributed by atoms with E-state index in [1.54, 1.807) is 36.4 Å². The van der Waals surface area contributed by atoms with Crippen LogP contribution >= 0.6 is 11.6 Å². The Morgan fingerprint density at radius 2 is 2.19 bits per heavy atom. The van der Waals surface area contributed by atoms with E-state index in [1.807, 2.05) is 0 Å². The Balaban J connectivity index is 1.97. The van der Waals surface area contributed by atoms with Gasteiger partial charge in [0.25, 0.3) is 5.91 Å². The van der Waals surface area contributed by atoms with E-state index in [0.29, 0.717) is 23.7 Å². The van der Waals surface area contributed by atoms with Crippen LogP contribution in [0.2, 0.25) is 5.02 Å². The summed E-state index contributed by atoms with van der Waals surface area (Å²) in [6.45, 7) is 0.838. The van der Waals surface area contributed by atoms with Crippen molar-refractivity contribution in [2.75, 3.05) is 13.1 Å². The van der Waals surface area contributed by atoms with E-state index >= 15 is 0 Å². The van der Waals surface area contributed by atoms with E-state index < -0.39 is 6.04 Å². The van der Waals surface area contributed by atoms with Crippen molar-refractivity contribution in [2.24, 2.45) is 0 Å². The van der Waals surface area contributed by atoms with Crippen molar-refractivity contribution in [3.63, 3.8) is 0 Å². The molecule has 0 radical (unpaired) electrons. The predicted molar refractivity (Wildman–Crippen MR) is 76.9 cm³/mol. The third-order valence-corrected chi connectivity index (χ3v) is 3.60. The van der Waals surface area contributed by atoms with E-state index in [-0.39, 0.29) is 17.6 Å². The number of carbonyl (C=O) groups excluding carboxylic acids is 2. The molecule has 3 rings (SSSR count). The van der Waals surface area contributed by atoms with Crippen molar-refractivity contribution >= 4 is 23.4 Å². The molecule has 108 valence electrons. The second-order valence-corrected chi connectivity index (χ2v) is 5.16. The van der Waals surface area contributed by atoms with E-state index in [9.17, 15) is 9.59 Å². The van der Waals surface area contributed by atoms with Crippen LogP contribution in [0.1, 0.15) is 22.2 Å². The van der Waals surface area contributed by atoms with Gasteiger partial charge in [0.1, 0.15) is 6.04 Å². The Hall–Kier alpha value is -2.27. The zero-order valence-electron chi connectivity index (χ0n) is 11.1. The maximum atomic E-state index is 12.5. The van der Waals surface area contributed by atoms with Crippen molar-refractivity contribution in [2.45, 2.75) is 6.04 Å². The van der Waals surface area contributed by atoms with E-state index in [0.717, 1.165) is 0 Å². The average Bonchev–Trinajstić information content (AvgIpc) is 3.00. The Morgan fingerprint density at radius 1 is 1.33 bits per heavy atom. The molecule has 2 amide bonds. The molecule has 6 heteroatoms. The van der Waals surface area contributed by atoms with Crippen LogP contribution in [-0.2, 0) is 4.79 Å². The number of rotatable bonds is 2. The molecular weight excluding hydrogens is 292 g/mol. The highest BCUT2D eigenvalue weighted by atomic mass is 35.5. The Kier molecular flexibility index (Phi) is 3.66. The van der Waals surface area contributed by atoms with Crippen molar-refractivity contribution in [1.29, 1.82) is 0 Å². The monoisotopic (exact) mass is 304 g/mol. The fourth-order valence-electron chi connectivity index (χ4n) is 2.44. The number of nitrogens with zero attached hydrogens (tertiary/aromatic N) is 1. The van der Waals surface area contributed by atoms with Crippen LogP contribution in [0.25, 0.3) is 0 Å². The maximum absolute atomic E-state index is 12.5. The number of halogens is 1. The van der Waals surface area contributed by atoms with Gasteiger partial charge >= 0.3 is 0 Å². The zero-order valence-corrected chi connectivity index (χ0v) is 11.8. The second-order valence-electron chi connectivity index (χ2n) is 4.72. The number of benzene rings is 1. The van der Waals surface area contributed by atoms with Crippen LogP contribution in [0.5, 0.6) is 0 Å². The fourth-order valence-corrected chi connectivity index (χ4v) is 2.63. The largest absolute Gasteiger partial charge is 0.459 e. The summed E-state index contributed by atoms with van der Waals surface area (Å²) in [6, 6.07) is 9.49. The number of hydrogen-bond donors (Lipinski definition) is 1. The SMILES string of the molecule is O=C1NCCN(C(=O)c2ccco2)C1c1cccc(Cl)c1. The van der Waals surface area contributed by atoms with Gasteiger partial charge in [-0.15, -0.1) is 0 Å². The molecule has 1 aromatic heterocycles. The molecule has 0 bridgehead atoms. The summed E-state index contributed by atoms with van der Waals surface area (Å²) < 4.78 is 5.14. The lowest BCUT2D eigenvalue weighted by Crippen LogP contribution is -2.52. The number of carbonyl (C=O) groups is 2. The average molecular weight is 305 g/mol. The number of nitrogens with one attached hydrogen (secondary N) is 1. The van der Waals surface area contributed by atoms with Crippen molar-refractivity contribution in [1.82, 2.24) is 10.2 Å². The second kappa shape index (κ2) is 5.61. The summed E-state index contributed by atoms with van der Waals surface area (Å²) in [4.78, 5) is 26.2. The Labute approximate surface area is 126 Å². The molecular formula is C15H13ClN2O3. The van der Waals surface area contributed by atoms with Gasteiger partial charge in [-0.3, -0.25) is 9.59 Å². The third-order valence-electron chi connectivity index (χ3n) is 3.37. The lowest BCUT2D eigenvalue weighted by Gasteiger charge is -2.34. The normalized spacial score (nSPS) is 18.4. The first kappa shape index (κ1) is 13.7. The van der Waals surface area contributed by atoms with Gasteiger partial charge in [-0.1, -0.05) is 23.7 Å². The first-order valence-electron chi connectivity index (χ1n) is 6.54. The van der Waals surface area contributed by atoms with Crippen molar-refractivity contribution in [3.05, 3.63) is 59.0 Å². The maximum Gasteiger partial charge on any atom is 0.290 e. The summed E-state index contributed by atoms with van der Waals surface area (Å²) >= 11 is 5.98. The molecule has 1 unspecified atom stereocenters. The highest BCUT2D eigenvalue weighted by Crippen LogP contribution is 2.27. The number of piperazine rings is 1. The molecule has 1 aliphatic rings. The van der Waals surface area contributed by atoms with Crippen molar-refractivity contribution in [3.8, 4) is 0 Å². The highest BCUT2D eigenvalue weighted by Gasteiger charge is 2.35. The van der Waals surface area contributed by atoms with Gasteiger partial charge in [0.15, 0.2) is 5.76 Å². The van der Waals surface area contributed by atoms with Gasteiger partial charge in [0.05, 0.1) is 6.26 Å². The Morgan fingerprint density at radius 3 is 2.90 bits per heavy atom. The lowest BCUT2D eigenvalue weighted by molar-refractivity contribution is -0.128.